The molecule has 1 unspecified atom stereocenters. The van der Waals surface area contributed by atoms with Gasteiger partial charge in [0.2, 0.25) is 0 Å². The minimum atomic E-state index is 0.0643. The Labute approximate surface area is 73.1 Å². The third kappa shape index (κ3) is 1.17. The number of rotatable bonds is 1. The standard InChI is InChI=1S/C9H16N2O/c1-11(2)9(12)10-8-6-4-3-5-7(6)8/h6-8H,3-5H2,1-2H3,(H,10,12)/t6-,7+,8?. The lowest BCUT2D eigenvalue weighted by Crippen LogP contribution is -2.37. The Balaban J connectivity index is 1.79. The van der Waals surface area contributed by atoms with Gasteiger partial charge in [0, 0.05) is 20.1 Å². The summed E-state index contributed by atoms with van der Waals surface area (Å²) in [6, 6.07) is 0.572. The molecule has 0 saturated heterocycles. The van der Waals surface area contributed by atoms with E-state index in [4.69, 9.17) is 0 Å². The summed E-state index contributed by atoms with van der Waals surface area (Å²) in [6.07, 6.45) is 4.01. The molecule has 2 aliphatic rings. The average molecular weight is 168 g/mol. The smallest absolute Gasteiger partial charge is 0.317 e. The van der Waals surface area contributed by atoms with Crippen LogP contribution in [0.15, 0.2) is 0 Å². The molecule has 0 spiro atoms. The van der Waals surface area contributed by atoms with Crippen LogP contribution >= 0.6 is 0 Å². The van der Waals surface area contributed by atoms with Crippen molar-refractivity contribution in [2.24, 2.45) is 11.8 Å². The molecule has 3 atom stereocenters. The van der Waals surface area contributed by atoms with Crippen LogP contribution in [0.4, 0.5) is 4.79 Å². The van der Waals surface area contributed by atoms with Crippen molar-refractivity contribution in [2.45, 2.75) is 25.3 Å². The fraction of sp³-hybridized carbons (Fsp3) is 0.889. The number of hydrogen-bond donors (Lipinski definition) is 1. The van der Waals surface area contributed by atoms with Crippen LogP contribution in [-0.2, 0) is 0 Å². The van der Waals surface area contributed by atoms with Gasteiger partial charge >= 0.3 is 6.03 Å². The highest BCUT2D eigenvalue weighted by atomic mass is 16.2. The number of fused-ring (bicyclic) bond motifs is 1. The van der Waals surface area contributed by atoms with Gasteiger partial charge in [-0.05, 0) is 24.7 Å². The van der Waals surface area contributed by atoms with E-state index < -0.39 is 0 Å². The second-order valence-electron chi connectivity index (χ2n) is 4.13. The third-order valence-electron chi connectivity index (χ3n) is 3.10. The Kier molecular flexibility index (Phi) is 1.74. The van der Waals surface area contributed by atoms with Gasteiger partial charge in [0.1, 0.15) is 0 Å². The van der Waals surface area contributed by atoms with Crippen LogP contribution in [-0.4, -0.2) is 31.1 Å². The maximum atomic E-state index is 11.2. The maximum absolute atomic E-state index is 11.2. The zero-order valence-corrected chi connectivity index (χ0v) is 7.71. The highest BCUT2D eigenvalue weighted by Gasteiger charge is 2.53. The summed E-state index contributed by atoms with van der Waals surface area (Å²) >= 11 is 0. The van der Waals surface area contributed by atoms with Crippen LogP contribution in [0.3, 0.4) is 0 Å². The number of carbonyl (C=O) groups is 1. The molecule has 0 aliphatic heterocycles. The quantitative estimate of drug-likeness (QED) is 0.623. The molecule has 0 aromatic carbocycles. The van der Waals surface area contributed by atoms with E-state index in [9.17, 15) is 4.79 Å². The number of amides is 2. The van der Waals surface area contributed by atoms with Crippen LogP contribution in [0.1, 0.15) is 19.3 Å². The van der Waals surface area contributed by atoms with E-state index in [0.29, 0.717) is 6.04 Å². The minimum Gasteiger partial charge on any atom is -0.335 e. The first-order valence-electron chi connectivity index (χ1n) is 4.68. The number of hydrogen-bond acceptors (Lipinski definition) is 1. The molecule has 0 radical (unpaired) electrons. The molecule has 3 nitrogen and oxygen atoms in total. The van der Waals surface area contributed by atoms with Crippen molar-refractivity contribution in [3.63, 3.8) is 0 Å². The topological polar surface area (TPSA) is 32.3 Å². The van der Waals surface area contributed by atoms with Crippen LogP contribution < -0.4 is 5.32 Å². The summed E-state index contributed by atoms with van der Waals surface area (Å²) in [5, 5.41) is 3.04. The Morgan fingerprint density at radius 3 is 2.42 bits per heavy atom. The molecule has 2 fully saturated rings. The molecule has 0 aromatic rings. The number of urea groups is 1. The summed E-state index contributed by atoms with van der Waals surface area (Å²) in [4.78, 5) is 12.8. The molecule has 0 heterocycles. The zero-order valence-electron chi connectivity index (χ0n) is 7.71. The van der Waals surface area contributed by atoms with E-state index in [-0.39, 0.29) is 6.03 Å². The second kappa shape index (κ2) is 2.64. The van der Waals surface area contributed by atoms with Crippen molar-refractivity contribution < 1.29 is 4.79 Å². The van der Waals surface area contributed by atoms with Crippen molar-refractivity contribution in [1.82, 2.24) is 10.2 Å². The predicted molar refractivity (Wildman–Crippen MR) is 46.8 cm³/mol. The molecule has 2 aliphatic carbocycles. The molecule has 3 heteroatoms. The molecule has 0 bridgehead atoms. The van der Waals surface area contributed by atoms with Gasteiger partial charge in [0.25, 0.3) is 0 Å². The lowest BCUT2D eigenvalue weighted by atomic mass is 10.2. The van der Waals surface area contributed by atoms with Gasteiger partial charge in [-0.1, -0.05) is 6.42 Å². The zero-order chi connectivity index (χ0) is 8.72. The van der Waals surface area contributed by atoms with Crippen LogP contribution in [0.25, 0.3) is 0 Å². The van der Waals surface area contributed by atoms with E-state index in [1.807, 2.05) is 0 Å². The summed E-state index contributed by atoms with van der Waals surface area (Å²) in [5.74, 6) is 1.63. The fourth-order valence-electron chi connectivity index (χ4n) is 2.31. The van der Waals surface area contributed by atoms with Crippen molar-refractivity contribution in [3.05, 3.63) is 0 Å². The second-order valence-corrected chi connectivity index (χ2v) is 4.13. The van der Waals surface area contributed by atoms with Crippen LogP contribution in [0, 0.1) is 11.8 Å². The van der Waals surface area contributed by atoms with Crippen molar-refractivity contribution in [3.8, 4) is 0 Å². The van der Waals surface area contributed by atoms with E-state index in [1.165, 1.54) is 19.3 Å². The van der Waals surface area contributed by atoms with Crippen molar-refractivity contribution in [1.29, 1.82) is 0 Å². The predicted octanol–water partition coefficient (Wildman–Crippen LogP) is 1.06. The monoisotopic (exact) mass is 168 g/mol. The average Bonchev–Trinajstić information content (AvgIpc) is 2.46. The minimum absolute atomic E-state index is 0.0643. The molecule has 0 aromatic heterocycles. The first-order chi connectivity index (χ1) is 5.70. The lowest BCUT2D eigenvalue weighted by molar-refractivity contribution is 0.215. The van der Waals surface area contributed by atoms with Gasteiger partial charge in [0.15, 0.2) is 0 Å². The molecule has 2 saturated carbocycles. The summed E-state index contributed by atoms with van der Waals surface area (Å²) in [5.41, 5.74) is 0. The Bertz CT molecular complexity index is 193. The normalized spacial score (nSPS) is 37.3. The van der Waals surface area contributed by atoms with E-state index in [2.05, 4.69) is 5.32 Å². The molecule has 2 rings (SSSR count). The lowest BCUT2D eigenvalue weighted by Gasteiger charge is -2.12. The van der Waals surface area contributed by atoms with Crippen molar-refractivity contribution >= 4 is 6.03 Å². The SMILES string of the molecule is CN(C)C(=O)NC1[C@H]2CCC[C@@H]12. The van der Waals surface area contributed by atoms with Gasteiger partial charge in [-0.3, -0.25) is 0 Å². The number of carbonyl (C=O) groups excluding carboxylic acids is 1. The van der Waals surface area contributed by atoms with Gasteiger partial charge in [0.05, 0.1) is 0 Å². The summed E-state index contributed by atoms with van der Waals surface area (Å²) in [7, 11) is 3.57. The summed E-state index contributed by atoms with van der Waals surface area (Å²) < 4.78 is 0. The van der Waals surface area contributed by atoms with Gasteiger partial charge in [-0.25, -0.2) is 4.79 Å². The van der Waals surface area contributed by atoms with Gasteiger partial charge < -0.3 is 10.2 Å². The number of nitrogens with one attached hydrogen (secondary N) is 1. The Morgan fingerprint density at radius 2 is 1.92 bits per heavy atom. The van der Waals surface area contributed by atoms with Crippen LogP contribution in [0.5, 0.6) is 0 Å². The number of nitrogens with zero attached hydrogens (tertiary/aromatic N) is 1. The maximum Gasteiger partial charge on any atom is 0.317 e. The summed E-state index contributed by atoms with van der Waals surface area (Å²) in [6.45, 7) is 0. The van der Waals surface area contributed by atoms with E-state index in [1.54, 1.807) is 19.0 Å². The molecular formula is C9H16N2O. The largest absolute Gasteiger partial charge is 0.335 e. The first kappa shape index (κ1) is 7.90. The van der Waals surface area contributed by atoms with Gasteiger partial charge in [-0.2, -0.15) is 0 Å². The Hall–Kier alpha value is -0.730. The fourth-order valence-corrected chi connectivity index (χ4v) is 2.31. The molecular weight excluding hydrogens is 152 g/mol. The molecule has 68 valence electrons. The highest BCUT2D eigenvalue weighted by Crippen LogP contribution is 2.51. The molecule has 12 heavy (non-hydrogen) atoms. The van der Waals surface area contributed by atoms with Gasteiger partial charge in [-0.15, -0.1) is 0 Å². The van der Waals surface area contributed by atoms with E-state index in [0.717, 1.165) is 11.8 Å². The Morgan fingerprint density at radius 1 is 1.33 bits per heavy atom. The molecule has 2 amide bonds. The third-order valence-corrected chi connectivity index (χ3v) is 3.10. The highest BCUT2D eigenvalue weighted by molar-refractivity contribution is 5.74. The van der Waals surface area contributed by atoms with Crippen LogP contribution in [0.2, 0.25) is 0 Å². The first-order valence-corrected chi connectivity index (χ1v) is 4.68. The van der Waals surface area contributed by atoms with Crippen molar-refractivity contribution in [2.75, 3.05) is 14.1 Å². The molecule has 1 N–H and O–H groups in total. The van der Waals surface area contributed by atoms with E-state index >= 15 is 0 Å².